The number of nitrogens with zero attached hydrogens (tertiary/aromatic N) is 3. The van der Waals surface area contributed by atoms with Crippen LogP contribution in [0.1, 0.15) is 23.3 Å². The summed E-state index contributed by atoms with van der Waals surface area (Å²) < 4.78 is 7.62. The third-order valence-corrected chi connectivity index (χ3v) is 7.01. The predicted octanol–water partition coefficient (Wildman–Crippen LogP) is 2.55. The second kappa shape index (κ2) is 6.83. The van der Waals surface area contributed by atoms with E-state index in [2.05, 4.69) is 16.4 Å². The van der Waals surface area contributed by atoms with Crippen molar-refractivity contribution in [2.45, 2.75) is 31.4 Å². The minimum Gasteiger partial charge on any atom is -0.369 e. The second-order valence-corrected chi connectivity index (χ2v) is 8.36. The van der Waals surface area contributed by atoms with E-state index >= 15 is 0 Å². The summed E-state index contributed by atoms with van der Waals surface area (Å²) in [7, 11) is 0. The summed E-state index contributed by atoms with van der Waals surface area (Å²) in [4.78, 5) is 32.9. The molecule has 7 heteroatoms. The molecule has 1 saturated heterocycles. The average molecular weight is 395 g/mol. The Labute approximate surface area is 166 Å². The van der Waals surface area contributed by atoms with Gasteiger partial charge in [-0.05, 0) is 48.4 Å². The molecule has 1 spiro atoms. The van der Waals surface area contributed by atoms with Gasteiger partial charge in [0.2, 0.25) is 5.91 Å². The number of benzene rings is 1. The van der Waals surface area contributed by atoms with Crippen LogP contribution in [-0.4, -0.2) is 40.1 Å². The molecule has 0 N–H and O–H groups in total. The first-order valence-corrected chi connectivity index (χ1v) is 10.5. The zero-order valence-electron chi connectivity index (χ0n) is 15.5. The average Bonchev–Trinajstić information content (AvgIpc) is 3.21. The molecule has 0 saturated carbocycles. The summed E-state index contributed by atoms with van der Waals surface area (Å²) >= 11 is 1.76. The van der Waals surface area contributed by atoms with E-state index in [0.717, 1.165) is 25.9 Å². The Balaban J connectivity index is 1.31. The third-order valence-electron chi connectivity index (χ3n) is 5.87. The summed E-state index contributed by atoms with van der Waals surface area (Å²) in [6, 6.07) is 9.40. The van der Waals surface area contributed by atoms with Gasteiger partial charge >= 0.3 is 0 Å². The van der Waals surface area contributed by atoms with Crippen molar-refractivity contribution < 1.29 is 9.53 Å². The highest BCUT2D eigenvalue weighted by molar-refractivity contribution is 7.10. The van der Waals surface area contributed by atoms with E-state index in [4.69, 9.17) is 4.74 Å². The third kappa shape index (κ3) is 2.86. The van der Waals surface area contributed by atoms with Gasteiger partial charge in [-0.15, -0.1) is 11.3 Å². The van der Waals surface area contributed by atoms with Gasteiger partial charge in [-0.3, -0.25) is 14.2 Å². The lowest BCUT2D eigenvalue weighted by Crippen LogP contribution is -2.49. The molecular weight excluding hydrogens is 374 g/mol. The molecule has 2 aliphatic rings. The number of likely N-dealkylation sites (tertiary alicyclic amines) is 1. The number of piperidine rings is 1. The zero-order valence-corrected chi connectivity index (χ0v) is 16.3. The topological polar surface area (TPSA) is 64.4 Å². The molecule has 1 aromatic carbocycles. The Kier molecular flexibility index (Phi) is 4.29. The number of carbonyl (C=O) groups is 1. The molecule has 6 nitrogen and oxygen atoms in total. The molecule has 2 aliphatic heterocycles. The number of amides is 1. The van der Waals surface area contributed by atoms with E-state index in [1.807, 2.05) is 17.0 Å². The highest BCUT2D eigenvalue weighted by Gasteiger charge is 2.42. The van der Waals surface area contributed by atoms with Crippen molar-refractivity contribution >= 4 is 28.1 Å². The number of carbonyl (C=O) groups excluding carboxylic acids is 1. The Morgan fingerprint density at radius 2 is 2.04 bits per heavy atom. The first-order valence-electron chi connectivity index (χ1n) is 9.59. The molecule has 1 fully saturated rings. The van der Waals surface area contributed by atoms with Crippen LogP contribution in [0.25, 0.3) is 10.9 Å². The monoisotopic (exact) mass is 395 g/mol. The van der Waals surface area contributed by atoms with Gasteiger partial charge in [0.25, 0.3) is 5.56 Å². The van der Waals surface area contributed by atoms with Crippen LogP contribution < -0.4 is 5.56 Å². The van der Waals surface area contributed by atoms with Gasteiger partial charge in [-0.2, -0.15) is 0 Å². The summed E-state index contributed by atoms with van der Waals surface area (Å²) in [5.74, 6) is -0.0451. The van der Waals surface area contributed by atoms with Crippen LogP contribution in [0.15, 0.2) is 46.8 Å². The van der Waals surface area contributed by atoms with Crippen molar-refractivity contribution in [2.24, 2.45) is 0 Å². The summed E-state index contributed by atoms with van der Waals surface area (Å²) in [5, 5.41) is 2.67. The zero-order chi connectivity index (χ0) is 19.1. The highest BCUT2D eigenvalue weighted by atomic mass is 32.1. The smallest absolute Gasteiger partial charge is 0.261 e. The molecule has 1 amide bonds. The maximum Gasteiger partial charge on any atom is 0.261 e. The van der Waals surface area contributed by atoms with E-state index in [0.29, 0.717) is 24.0 Å². The van der Waals surface area contributed by atoms with Crippen LogP contribution in [-0.2, 0) is 28.1 Å². The minimum absolute atomic E-state index is 0.0226. The van der Waals surface area contributed by atoms with Crippen LogP contribution in [0.5, 0.6) is 0 Å². The second-order valence-electron chi connectivity index (χ2n) is 7.44. The SMILES string of the molecule is O=C(Cn1cnc2ccccc2c1=O)N1CCC2(CC1)OCCc1ccsc12. The van der Waals surface area contributed by atoms with E-state index in [1.165, 1.54) is 21.3 Å². The van der Waals surface area contributed by atoms with Crippen molar-refractivity contribution in [1.29, 1.82) is 0 Å². The fourth-order valence-corrected chi connectivity index (χ4v) is 5.48. The first-order chi connectivity index (χ1) is 13.7. The molecule has 28 heavy (non-hydrogen) atoms. The normalized spacial score (nSPS) is 18.4. The number of fused-ring (bicyclic) bond motifs is 3. The molecule has 144 valence electrons. The Hall–Kier alpha value is -2.51. The lowest BCUT2D eigenvalue weighted by atomic mass is 9.85. The van der Waals surface area contributed by atoms with Crippen LogP contribution in [0.3, 0.4) is 0 Å². The number of aromatic nitrogens is 2. The van der Waals surface area contributed by atoms with Gasteiger partial charge in [0.05, 0.1) is 23.8 Å². The largest absolute Gasteiger partial charge is 0.369 e. The number of ether oxygens (including phenoxy) is 1. The fourth-order valence-electron chi connectivity index (χ4n) is 4.31. The van der Waals surface area contributed by atoms with Crippen LogP contribution in [0.2, 0.25) is 0 Å². The molecule has 2 aromatic heterocycles. The maximum absolute atomic E-state index is 12.8. The van der Waals surface area contributed by atoms with Gasteiger partial charge < -0.3 is 9.64 Å². The standard InChI is InChI=1S/C21H21N3O3S/c25-18(13-24-14-22-17-4-2-1-3-16(17)20(24)26)23-9-7-21(8-10-23)19-15(5-11-27-21)6-12-28-19/h1-4,6,12,14H,5,7-11,13H2. The molecule has 3 aromatic rings. The Bertz CT molecular complexity index is 1100. The van der Waals surface area contributed by atoms with Gasteiger partial charge in [-0.1, -0.05) is 12.1 Å². The van der Waals surface area contributed by atoms with E-state index < -0.39 is 0 Å². The van der Waals surface area contributed by atoms with E-state index in [-0.39, 0.29) is 23.6 Å². The van der Waals surface area contributed by atoms with Gasteiger partial charge in [-0.25, -0.2) is 4.98 Å². The summed E-state index contributed by atoms with van der Waals surface area (Å²) in [5.41, 5.74) is 1.63. The Morgan fingerprint density at radius 1 is 1.21 bits per heavy atom. The number of hydrogen-bond donors (Lipinski definition) is 0. The number of thiophene rings is 1. The van der Waals surface area contributed by atoms with E-state index in [1.54, 1.807) is 23.5 Å². The van der Waals surface area contributed by atoms with Gasteiger partial charge in [0.15, 0.2) is 0 Å². The lowest BCUT2D eigenvalue weighted by Gasteiger charge is -2.43. The van der Waals surface area contributed by atoms with Crippen molar-refractivity contribution in [3.63, 3.8) is 0 Å². The summed E-state index contributed by atoms with van der Waals surface area (Å²) in [6.07, 6.45) is 4.05. The van der Waals surface area contributed by atoms with Crippen molar-refractivity contribution in [3.05, 3.63) is 62.8 Å². The van der Waals surface area contributed by atoms with Gasteiger partial charge in [0.1, 0.15) is 12.1 Å². The molecule has 0 radical (unpaired) electrons. The van der Waals surface area contributed by atoms with Crippen LogP contribution in [0.4, 0.5) is 0 Å². The number of para-hydroxylation sites is 1. The molecular formula is C21H21N3O3S. The number of rotatable bonds is 2. The molecule has 5 rings (SSSR count). The van der Waals surface area contributed by atoms with Crippen LogP contribution >= 0.6 is 11.3 Å². The van der Waals surface area contributed by atoms with Crippen molar-refractivity contribution in [2.75, 3.05) is 19.7 Å². The molecule has 0 atom stereocenters. The van der Waals surface area contributed by atoms with Crippen LogP contribution in [0, 0.1) is 0 Å². The minimum atomic E-state index is -0.236. The predicted molar refractivity (Wildman–Crippen MR) is 107 cm³/mol. The summed E-state index contributed by atoms with van der Waals surface area (Å²) in [6.45, 7) is 2.06. The maximum atomic E-state index is 12.8. The molecule has 0 aliphatic carbocycles. The molecule has 0 bridgehead atoms. The molecule has 0 unspecified atom stereocenters. The quantitative estimate of drug-likeness (QED) is 0.669. The Morgan fingerprint density at radius 3 is 2.89 bits per heavy atom. The fraction of sp³-hybridized carbons (Fsp3) is 0.381. The van der Waals surface area contributed by atoms with Crippen molar-refractivity contribution in [3.8, 4) is 0 Å². The van der Waals surface area contributed by atoms with E-state index in [9.17, 15) is 9.59 Å². The number of hydrogen-bond acceptors (Lipinski definition) is 5. The first kappa shape index (κ1) is 17.6. The van der Waals surface area contributed by atoms with Crippen molar-refractivity contribution in [1.82, 2.24) is 14.5 Å². The van der Waals surface area contributed by atoms with Gasteiger partial charge in [0, 0.05) is 18.0 Å². The molecule has 4 heterocycles. The highest BCUT2D eigenvalue weighted by Crippen LogP contribution is 2.44. The lowest BCUT2D eigenvalue weighted by molar-refractivity contribution is -0.140.